The Kier molecular flexibility index (Phi) is 2.47. The van der Waals surface area contributed by atoms with Crippen LogP contribution >= 0.6 is 11.3 Å². The van der Waals surface area contributed by atoms with E-state index in [4.69, 9.17) is 15.9 Å². The lowest BCUT2D eigenvalue weighted by atomic mass is 10.0. The smallest absolute Gasteiger partial charge is 0.407 e. The molecule has 0 spiro atoms. The summed E-state index contributed by atoms with van der Waals surface area (Å²) in [5.41, 5.74) is 6.45. The van der Waals surface area contributed by atoms with E-state index in [0.29, 0.717) is 18.5 Å². The molecule has 2 rings (SSSR count). The zero-order valence-corrected chi connectivity index (χ0v) is 9.08. The summed E-state index contributed by atoms with van der Waals surface area (Å²) in [6, 6.07) is 0. The number of amides is 1. The van der Waals surface area contributed by atoms with Crippen molar-refractivity contribution < 1.29 is 19.8 Å². The highest BCUT2D eigenvalue weighted by Gasteiger charge is 2.28. The number of carbonyl (C=O) groups is 2. The summed E-state index contributed by atoms with van der Waals surface area (Å²) >= 11 is 1.16. The highest BCUT2D eigenvalue weighted by Crippen LogP contribution is 2.34. The summed E-state index contributed by atoms with van der Waals surface area (Å²) in [5.74, 6) is -1.04. The monoisotopic (exact) mass is 242 g/mol. The second kappa shape index (κ2) is 3.67. The lowest BCUT2D eigenvalue weighted by Crippen LogP contribution is -2.34. The maximum atomic E-state index is 11.0. The first-order valence-corrected chi connectivity index (χ1v) is 5.43. The van der Waals surface area contributed by atoms with Gasteiger partial charge in [0.1, 0.15) is 5.00 Å². The largest absolute Gasteiger partial charge is 0.478 e. The highest BCUT2D eigenvalue weighted by molar-refractivity contribution is 7.16. The number of anilines is 1. The Balaban J connectivity index is 2.39. The molecule has 1 aromatic rings. The fourth-order valence-corrected chi connectivity index (χ4v) is 2.95. The van der Waals surface area contributed by atoms with Crippen LogP contribution in [0.1, 0.15) is 20.8 Å². The number of nitrogens with two attached hydrogens (primary N) is 1. The van der Waals surface area contributed by atoms with E-state index < -0.39 is 12.1 Å². The molecule has 1 amide bonds. The standard InChI is InChI=1S/C9H10N2O4S/c10-7-6(8(12)13)4-1-2-11(9(14)15)3-5(4)16-7/h1-3,10H2,(H,12,13)(H,14,15). The number of thiophene rings is 1. The van der Waals surface area contributed by atoms with Gasteiger partial charge in [-0.2, -0.15) is 0 Å². The molecule has 0 bridgehead atoms. The lowest BCUT2D eigenvalue weighted by Gasteiger charge is -2.24. The topological polar surface area (TPSA) is 104 Å². The average Bonchev–Trinajstić information content (AvgIpc) is 2.51. The van der Waals surface area contributed by atoms with E-state index in [-0.39, 0.29) is 17.1 Å². The van der Waals surface area contributed by atoms with Crippen molar-refractivity contribution in [2.24, 2.45) is 0 Å². The van der Waals surface area contributed by atoms with Gasteiger partial charge in [-0.3, -0.25) is 0 Å². The normalized spacial score (nSPS) is 14.6. The zero-order valence-electron chi connectivity index (χ0n) is 8.27. The Morgan fingerprint density at radius 2 is 2.06 bits per heavy atom. The molecule has 86 valence electrons. The molecular weight excluding hydrogens is 232 g/mol. The molecular formula is C9H10N2O4S. The molecule has 6 nitrogen and oxygen atoms in total. The molecule has 0 saturated heterocycles. The lowest BCUT2D eigenvalue weighted by molar-refractivity contribution is 0.0697. The number of aromatic carboxylic acids is 1. The summed E-state index contributed by atoms with van der Waals surface area (Å²) < 4.78 is 0. The van der Waals surface area contributed by atoms with Crippen molar-refractivity contribution in [3.63, 3.8) is 0 Å². The van der Waals surface area contributed by atoms with Crippen molar-refractivity contribution in [2.75, 3.05) is 12.3 Å². The third kappa shape index (κ3) is 1.58. The molecule has 1 aliphatic heterocycles. The molecule has 0 radical (unpaired) electrons. The molecule has 0 atom stereocenters. The van der Waals surface area contributed by atoms with Crippen LogP contribution in [-0.4, -0.2) is 33.7 Å². The third-order valence-corrected chi connectivity index (χ3v) is 3.61. The molecule has 0 fully saturated rings. The predicted molar refractivity (Wildman–Crippen MR) is 57.8 cm³/mol. The van der Waals surface area contributed by atoms with Crippen molar-refractivity contribution in [2.45, 2.75) is 13.0 Å². The fraction of sp³-hybridized carbons (Fsp3) is 0.333. The van der Waals surface area contributed by atoms with Crippen LogP contribution < -0.4 is 5.73 Å². The van der Waals surface area contributed by atoms with E-state index in [1.54, 1.807) is 0 Å². The summed E-state index contributed by atoms with van der Waals surface area (Å²) in [6.07, 6.45) is -0.578. The first kappa shape index (κ1) is 10.7. The van der Waals surface area contributed by atoms with Crippen LogP contribution in [0, 0.1) is 0 Å². The van der Waals surface area contributed by atoms with Crippen molar-refractivity contribution in [1.82, 2.24) is 4.90 Å². The third-order valence-electron chi connectivity index (χ3n) is 2.57. The van der Waals surface area contributed by atoms with Crippen molar-refractivity contribution in [1.29, 1.82) is 0 Å². The summed E-state index contributed by atoms with van der Waals surface area (Å²) in [6.45, 7) is 0.547. The molecule has 7 heteroatoms. The number of carboxylic acid groups (broad SMARTS) is 2. The van der Waals surface area contributed by atoms with Gasteiger partial charge in [0.25, 0.3) is 0 Å². The van der Waals surface area contributed by atoms with Crippen LogP contribution in [0.25, 0.3) is 0 Å². The van der Waals surface area contributed by atoms with Gasteiger partial charge >= 0.3 is 12.1 Å². The van der Waals surface area contributed by atoms with Gasteiger partial charge in [-0.25, -0.2) is 9.59 Å². The highest BCUT2D eigenvalue weighted by atomic mass is 32.1. The van der Waals surface area contributed by atoms with Crippen LogP contribution in [0.15, 0.2) is 0 Å². The fourth-order valence-electron chi connectivity index (χ4n) is 1.82. The minimum atomic E-state index is -1.04. The van der Waals surface area contributed by atoms with Crippen molar-refractivity contribution in [3.8, 4) is 0 Å². The van der Waals surface area contributed by atoms with E-state index >= 15 is 0 Å². The molecule has 4 N–H and O–H groups in total. The Morgan fingerprint density at radius 1 is 1.38 bits per heavy atom. The maximum Gasteiger partial charge on any atom is 0.407 e. The molecule has 0 aromatic carbocycles. The number of hydrogen-bond donors (Lipinski definition) is 3. The van der Waals surface area contributed by atoms with Gasteiger partial charge in [-0.05, 0) is 12.0 Å². The van der Waals surface area contributed by atoms with Gasteiger partial charge in [0.15, 0.2) is 0 Å². The number of hydrogen-bond acceptors (Lipinski definition) is 4. The molecule has 16 heavy (non-hydrogen) atoms. The Morgan fingerprint density at radius 3 is 2.62 bits per heavy atom. The van der Waals surface area contributed by atoms with Crippen LogP contribution in [-0.2, 0) is 13.0 Å². The number of nitrogens with zero attached hydrogens (tertiary/aromatic N) is 1. The van der Waals surface area contributed by atoms with Crippen LogP contribution in [0.5, 0.6) is 0 Å². The molecule has 1 aromatic heterocycles. The molecule has 0 unspecified atom stereocenters. The van der Waals surface area contributed by atoms with Crippen LogP contribution in [0.3, 0.4) is 0 Å². The van der Waals surface area contributed by atoms with Gasteiger partial charge in [-0.1, -0.05) is 0 Å². The Bertz CT molecular complexity index is 468. The van der Waals surface area contributed by atoms with Gasteiger partial charge in [0.05, 0.1) is 12.1 Å². The summed E-state index contributed by atoms with van der Waals surface area (Å²) in [7, 11) is 0. The van der Waals surface area contributed by atoms with Gasteiger partial charge in [0, 0.05) is 11.4 Å². The minimum absolute atomic E-state index is 0.144. The van der Waals surface area contributed by atoms with Crippen LogP contribution in [0.2, 0.25) is 0 Å². The number of fused-ring (bicyclic) bond motifs is 1. The molecule has 0 saturated carbocycles. The van der Waals surface area contributed by atoms with Crippen molar-refractivity contribution >= 4 is 28.4 Å². The molecule has 0 aliphatic carbocycles. The van der Waals surface area contributed by atoms with Crippen LogP contribution in [0.4, 0.5) is 9.80 Å². The van der Waals surface area contributed by atoms with E-state index in [1.807, 2.05) is 0 Å². The first-order valence-electron chi connectivity index (χ1n) is 4.62. The molecule has 1 aliphatic rings. The minimum Gasteiger partial charge on any atom is -0.478 e. The number of rotatable bonds is 1. The number of nitrogen functional groups attached to an aromatic ring is 1. The van der Waals surface area contributed by atoms with E-state index in [1.165, 1.54) is 4.90 Å². The first-order chi connectivity index (χ1) is 7.50. The summed E-state index contributed by atoms with van der Waals surface area (Å²) in [5, 5.41) is 18.1. The predicted octanol–water partition coefficient (Wildman–Crippen LogP) is 1.06. The van der Waals surface area contributed by atoms with Gasteiger partial charge in [0.2, 0.25) is 0 Å². The van der Waals surface area contributed by atoms with E-state index in [0.717, 1.165) is 16.2 Å². The number of carboxylic acids is 1. The summed E-state index contributed by atoms with van der Waals surface area (Å²) in [4.78, 5) is 23.7. The quantitative estimate of drug-likeness (QED) is 0.683. The van der Waals surface area contributed by atoms with E-state index in [9.17, 15) is 9.59 Å². The Labute approximate surface area is 94.9 Å². The second-order valence-electron chi connectivity index (χ2n) is 3.50. The second-order valence-corrected chi connectivity index (χ2v) is 4.64. The maximum absolute atomic E-state index is 11.0. The molecule has 2 heterocycles. The van der Waals surface area contributed by atoms with E-state index in [2.05, 4.69) is 0 Å². The van der Waals surface area contributed by atoms with Crippen molar-refractivity contribution in [3.05, 3.63) is 16.0 Å². The van der Waals surface area contributed by atoms with Gasteiger partial charge < -0.3 is 20.8 Å². The average molecular weight is 242 g/mol. The Hall–Kier alpha value is -1.76. The SMILES string of the molecule is Nc1sc2c(c1C(=O)O)CCN(C(=O)O)C2. The zero-order chi connectivity index (χ0) is 11.9. The van der Waals surface area contributed by atoms with Gasteiger partial charge in [-0.15, -0.1) is 11.3 Å².